The van der Waals surface area contributed by atoms with Crippen LogP contribution >= 0.6 is 11.6 Å². The Hall–Kier alpha value is -1.55. The molecule has 1 heterocycles. The number of aliphatic hydroxyl groups is 1. The maximum Gasteiger partial charge on any atom is 0.292 e. The predicted molar refractivity (Wildman–Crippen MR) is 68.7 cm³/mol. The lowest BCUT2D eigenvalue weighted by Gasteiger charge is -2.13. The van der Waals surface area contributed by atoms with Gasteiger partial charge in [-0.05, 0) is 0 Å². The maximum atomic E-state index is 11.9. The van der Waals surface area contributed by atoms with Crippen molar-refractivity contribution in [3.63, 3.8) is 0 Å². The molecule has 0 radical (unpaired) electrons. The topological polar surface area (TPSA) is 76.4 Å². The fraction of sp³-hybridized carbons (Fsp3) is 0.455. The Bertz CT molecular complexity index is 495. The first kappa shape index (κ1) is 14.5. The second-order valence-electron chi connectivity index (χ2n) is 3.52. The first-order valence-electron chi connectivity index (χ1n) is 5.20. The van der Waals surface area contributed by atoms with Crippen molar-refractivity contribution in [3.8, 4) is 12.3 Å². The first-order valence-corrected chi connectivity index (χ1v) is 5.58. The molecule has 0 aliphatic carbocycles. The number of halogens is 1. The third-order valence-corrected chi connectivity index (χ3v) is 2.40. The van der Waals surface area contributed by atoms with Gasteiger partial charge in [0.15, 0.2) is 0 Å². The van der Waals surface area contributed by atoms with Gasteiger partial charge < -0.3 is 15.2 Å². The molecule has 1 atom stereocenters. The van der Waals surface area contributed by atoms with E-state index in [0.29, 0.717) is 0 Å². The van der Waals surface area contributed by atoms with Gasteiger partial charge in [-0.1, -0.05) is 17.5 Å². The predicted octanol–water partition coefficient (Wildman–Crippen LogP) is -0.0509. The van der Waals surface area contributed by atoms with E-state index in [9.17, 15) is 9.90 Å². The molecule has 18 heavy (non-hydrogen) atoms. The number of methoxy groups -OCH3 is 1. The summed E-state index contributed by atoms with van der Waals surface area (Å²) in [4.78, 5) is 11.9. The summed E-state index contributed by atoms with van der Waals surface area (Å²) >= 11 is 5.86. The third kappa shape index (κ3) is 3.74. The van der Waals surface area contributed by atoms with Gasteiger partial charge in [0.2, 0.25) is 0 Å². The van der Waals surface area contributed by atoms with Crippen LogP contribution in [0.4, 0.5) is 5.69 Å². The highest BCUT2D eigenvalue weighted by Crippen LogP contribution is 2.14. The van der Waals surface area contributed by atoms with Gasteiger partial charge in [-0.2, -0.15) is 5.10 Å². The highest BCUT2D eigenvalue weighted by molar-refractivity contribution is 6.32. The van der Waals surface area contributed by atoms with E-state index in [1.807, 2.05) is 0 Å². The molecule has 6 nitrogen and oxygen atoms in total. The van der Waals surface area contributed by atoms with E-state index in [1.54, 1.807) is 0 Å². The summed E-state index contributed by atoms with van der Waals surface area (Å²) in [5.74, 6) is 2.32. The van der Waals surface area contributed by atoms with E-state index < -0.39 is 11.7 Å². The summed E-state index contributed by atoms with van der Waals surface area (Å²) in [6.45, 7) is 0.364. The molecule has 7 heteroatoms. The lowest BCUT2D eigenvalue weighted by molar-refractivity contribution is 0.0727. The number of hydrogen-bond donors (Lipinski definition) is 2. The molecule has 0 aliphatic heterocycles. The van der Waals surface area contributed by atoms with Crippen LogP contribution in [0.2, 0.25) is 5.02 Å². The van der Waals surface area contributed by atoms with Crippen LogP contribution < -0.4 is 10.9 Å². The minimum absolute atomic E-state index is 0.0608. The smallest absolute Gasteiger partial charge is 0.292 e. The van der Waals surface area contributed by atoms with E-state index in [-0.39, 0.29) is 30.4 Å². The molecule has 1 aromatic rings. The molecule has 0 saturated carbocycles. The summed E-state index contributed by atoms with van der Waals surface area (Å²) in [6, 6.07) is 0. The van der Waals surface area contributed by atoms with Crippen molar-refractivity contribution in [2.75, 3.05) is 25.6 Å². The molecule has 0 amide bonds. The van der Waals surface area contributed by atoms with Gasteiger partial charge in [-0.3, -0.25) is 4.79 Å². The fourth-order valence-electron chi connectivity index (χ4n) is 1.30. The highest BCUT2D eigenvalue weighted by Gasteiger charge is 2.11. The van der Waals surface area contributed by atoms with Crippen molar-refractivity contribution in [2.24, 2.45) is 0 Å². The number of anilines is 1. The summed E-state index contributed by atoms with van der Waals surface area (Å²) in [5.41, 5.74) is -0.262. The lowest BCUT2D eigenvalue weighted by Crippen LogP contribution is -2.30. The van der Waals surface area contributed by atoms with Gasteiger partial charge in [0, 0.05) is 13.7 Å². The molecular weight excluding hydrogens is 258 g/mol. The SMILES string of the molecule is C#CCn1ncc(Cl)c(NCC(O)COC)c1=O. The lowest BCUT2D eigenvalue weighted by atomic mass is 10.3. The van der Waals surface area contributed by atoms with E-state index in [1.165, 1.54) is 13.3 Å². The molecule has 0 aromatic carbocycles. The van der Waals surface area contributed by atoms with Crippen LogP contribution in [0.5, 0.6) is 0 Å². The van der Waals surface area contributed by atoms with Crippen molar-refractivity contribution in [1.29, 1.82) is 0 Å². The van der Waals surface area contributed by atoms with Gasteiger partial charge >= 0.3 is 0 Å². The van der Waals surface area contributed by atoms with Crippen LogP contribution in [0.25, 0.3) is 0 Å². The van der Waals surface area contributed by atoms with Crippen LogP contribution in [0.3, 0.4) is 0 Å². The first-order chi connectivity index (χ1) is 8.60. The normalized spacial score (nSPS) is 11.9. The number of nitrogens with one attached hydrogen (secondary N) is 1. The number of aromatic nitrogens is 2. The largest absolute Gasteiger partial charge is 0.389 e. The van der Waals surface area contributed by atoms with Crippen molar-refractivity contribution in [1.82, 2.24) is 9.78 Å². The van der Waals surface area contributed by atoms with Crippen LogP contribution in [0.15, 0.2) is 11.0 Å². The maximum absolute atomic E-state index is 11.9. The van der Waals surface area contributed by atoms with Crippen molar-refractivity contribution < 1.29 is 9.84 Å². The van der Waals surface area contributed by atoms with E-state index in [2.05, 4.69) is 16.3 Å². The summed E-state index contributed by atoms with van der Waals surface area (Å²) in [7, 11) is 1.47. The Kier molecular flexibility index (Phi) is 5.65. The van der Waals surface area contributed by atoms with E-state index in [4.69, 9.17) is 22.8 Å². The minimum Gasteiger partial charge on any atom is -0.389 e. The second kappa shape index (κ2) is 7.01. The van der Waals surface area contributed by atoms with Crippen molar-refractivity contribution >= 4 is 17.3 Å². The van der Waals surface area contributed by atoms with E-state index >= 15 is 0 Å². The molecule has 1 aromatic heterocycles. The Morgan fingerprint density at radius 2 is 2.50 bits per heavy atom. The summed E-state index contributed by atoms with van der Waals surface area (Å²) in [6.07, 6.45) is 5.71. The molecule has 0 aliphatic rings. The fourth-order valence-corrected chi connectivity index (χ4v) is 1.49. The van der Waals surface area contributed by atoms with Gasteiger partial charge in [0.1, 0.15) is 12.2 Å². The Labute approximate surface area is 110 Å². The number of nitrogens with zero attached hydrogens (tertiary/aromatic N) is 2. The average molecular weight is 272 g/mol. The molecular formula is C11H14ClN3O3. The molecule has 0 saturated heterocycles. The molecule has 98 valence electrons. The second-order valence-corrected chi connectivity index (χ2v) is 3.93. The Morgan fingerprint density at radius 1 is 1.78 bits per heavy atom. The van der Waals surface area contributed by atoms with Crippen molar-refractivity contribution in [2.45, 2.75) is 12.6 Å². The number of rotatable bonds is 6. The van der Waals surface area contributed by atoms with Gasteiger partial charge in [0.25, 0.3) is 5.56 Å². The zero-order valence-electron chi connectivity index (χ0n) is 9.89. The van der Waals surface area contributed by atoms with Crippen molar-refractivity contribution in [3.05, 3.63) is 21.6 Å². The Balaban J connectivity index is 2.85. The standard InChI is InChI=1S/C11H14ClN3O3/c1-3-4-15-11(17)10(9(12)6-14-15)13-5-8(16)7-18-2/h1,6,8,13,16H,4-5,7H2,2H3. The number of aliphatic hydroxyl groups excluding tert-OH is 1. The van der Waals surface area contributed by atoms with Gasteiger partial charge in [-0.15, -0.1) is 6.42 Å². The summed E-state index contributed by atoms with van der Waals surface area (Å²) in [5, 5.41) is 16.2. The molecule has 1 unspecified atom stereocenters. The average Bonchev–Trinajstić information content (AvgIpc) is 2.33. The molecule has 0 fully saturated rings. The molecule has 0 bridgehead atoms. The number of hydrogen-bond acceptors (Lipinski definition) is 5. The van der Waals surface area contributed by atoms with Crippen LogP contribution in [0.1, 0.15) is 0 Å². The quantitative estimate of drug-likeness (QED) is 0.710. The monoisotopic (exact) mass is 271 g/mol. The van der Waals surface area contributed by atoms with Crippen LogP contribution in [0, 0.1) is 12.3 Å². The van der Waals surface area contributed by atoms with Crippen LogP contribution in [-0.4, -0.2) is 41.3 Å². The zero-order valence-corrected chi connectivity index (χ0v) is 10.6. The van der Waals surface area contributed by atoms with Gasteiger partial charge in [0.05, 0.1) is 23.9 Å². The Morgan fingerprint density at radius 3 is 3.11 bits per heavy atom. The summed E-state index contributed by atoms with van der Waals surface area (Å²) < 4.78 is 5.88. The number of ether oxygens (including phenoxy) is 1. The third-order valence-electron chi connectivity index (χ3n) is 2.11. The highest BCUT2D eigenvalue weighted by atomic mass is 35.5. The zero-order chi connectivity index (χ0) is 13.5. The molecule has 1 rings (SSSR count). The van der Waals surface area contributed by atoms with Crippen LogP contribution in [-0.2, 0) is 11.3 Å². The van der Waals surface area contributed by atoms with Gasteiger partial charge in [-0.25, -0.2) is 4.68 Å². The molecule has 0 spiro atoms. The minimum atomic E-state index is -0.736. The number of terminal acetylenes is 1. The molecule has 2 N–H and O–H groups in total. The van der Waals surface area contributed by atoms with E-state index in [0.717, 1.165) is 4.68 Å².